The molecule has 194 valence electrons. The van der Waals surface area contributed by atoms with E-state index in [-0.39, 0.29) is 0 Å². The Balaban J connectivity index is 1.64. The van der Waals surface area contributed by atoms with Crippen molar-refractivity contribution in [3.05, 3.63) is 164 Å². The van der Waals surface area contributed by atoms with Gasteiger partial charge in [0.15, 0.2) is 0 Å². The second-order valence-electron chi connectivity index (χ2n) is 10.3. The maximum absolute atomic E-state index is 2.41. The fourth-order valence-electron chi connectivity index (χ4n) is 5.85. The van der Waals surface area contributed by atoms with E-state index >= 15 is 0 Å². The van der Waals surface area contributed by atoms with E-state index in [4.69, 9.17) is 0 Å². The van der Waals surface area contributed by atoms with Gasteiger partial charge in [-0.3, -0.25) is 0 Å². The lowest BCUT2D eigenvalue weighted by molar-refractivity contribution is 1.29. The number of anilines is 6. The normalized spacial score (nSPS) is 11.0. The summed E-state index contributed by atoms with van der Waals surface area (Å²) < 4.78 is 0. The second kappa shape index (κ2) is 10.7. The van der Waals surface area contributed by atoms with Gasteiger partial charge in [0, 0.05) is 44.3 Å². The molecular formula is C38H29BN2. The predicted molar refractivity (Wildman–Crippen MR) is 179 cm³/mol. The first-order valence-electron chi connectivity index (χ1n) is 14.0. The van der Waals surface area contributed by atoms with Crippen molar-refractivity contribution in [1.29, 1.82) is 0 Å². The summed E-state index contributed by atoms with van der Waals surface area (Å²) in [6, 6.07) is 58.4. The minimum absolute atomic E-state index is 1.13. The molecule has 0 aliphatic heterocycles. The molecule has 0 aromatic heterocycles. The molecule has 0 aliphatic rings. The molecule has 0 bridgehead atoms. The SMILES string of the molecule is Bc1ccc2c(N(c3ccccc3)c3ccccc3)c3ccccc3c(N(c3ccccc3)c3ccccc3)c2c1. The molecule has 0 atom stereocenters. The zero-order valence-corrected chi connectivity index (χ0v) is 23.0. The molecule has 7 aromatic rings. The molecule has 0 aliphatic carbocycles. The monoisotopic (exact) mass is 524 g/mol. The molecule has 0 saturated carbocycles. The van der Waals surface area contributed by atoms with Gasteiger partial charge in [-0.25, -0.2) is 0 Å². The van der Waals surface area contributed by atoms with E-state index in [1.807, 2.05) is 0 Å². The molecular weight excluding hydrogens is 495 g/mol. The second-order valence-corrected chi connectivity index (χ2v) is 10.3. The van der Waals surface area contributed by atoms with E-state index in [2.05, 4.69) is 181 Å². The lowest BCUT2D eigenvalue weighted by Crippen LogP contribution is -2.15. The van der Waals surface area contributed by atoms with Crippen molar-refractivity contribution >= 4 is 69.0 Å². The number of nitrogens with zero attached hydrogens (tertiary/aromatic N) is 2. The molecule has 41 heavy (non-hydrogen) atoms. The van der Waals surface area contributed by atoms with Gasteiger partial charge in [0.1, 0.15) is 7.85 Å². The zero-order valence-electron chi connectivity index (χ0n) is 23.0. The summed E-state index contributed by atoms with van der Waals surface area (Å²) in [5, 5.41) is 4.81. The van der Waals surface area contributed by atoms with Crippen molar-refractivity contribution in [1.82, 2.24) is 0 Å². The van der Waals surface area contributed by atoms with Gasteiger partial charge >= 0.3 is 0 Å². The first-order valence-corrected chi connectivity index (χ1v) is 14.0. The largest absolute Gasteiger partial charge is 0.309 e. The summed E-state index contributed by atoms with van der Waals surface area (Å²) in [5.41, 5.74) is 8.10. The number of hydrogen-bond donors (Lipinski definition) is 0. The standard InChI is InChI=1S/C38H29BN2/c39-28-25-26-35-36(27-28)38(41(31-19-9-3-10-20-31)32-21-11-4-12-22-32)34-24-14-13-23-33(34)37(35)40(29-15-5-1-6-16-29)30-17-7-2-8-18-30/h1-27H,39H2. The van der Waals surface area contributed by atoms with E-state index in [0.717, 1.165) is 22.7 Å². The fraction of sp³-hybridized carbons (Fsp3) is 0. The number of benzene rings is 7. The number of fused-ring (bicyclic) bond motifs is 2. The highest BCUT2D eigenvalue weighted by molar-refractivity contribution is 6.35. The Morgan fingerprint density at radius 2 is 0.634 bits per heavy atom. The summed E-state index contributed by atoms with van der Waals surface area (Å²) in [4.78, 5) is 4.81. The van der Waals surface area contributed by atoms with Crippen LogP contribution in [-0.2, 0) is 0 Å². The van der Waals surface area contributed by atoms with Crippen LogP contribution in [0.3, 0.4) is 0 Å². The molecule has 0 spiro atoms. The highest BCUT2D eigenvalue weighted by Gasteiger charge is 2.25. The fourth-order valence-corrected chi connectivity index (χ4v) is 5.85. The van der Waals surface area contributed by atoms with E-state index in [9.17, 15) is 0 Å². The van der Waals surface area contributed by atoms with Crippen LogP contribution >= 0.6 is 0 Å². The van der Waals surface area contributed by atoms with Gasteiger partial charge in [-0.05, 0) is 48.5 Å². The van der Waals surface area contributed by atoms with Crippen LogP contribution < -0.4 is 15.3 Å². The van der Waals surface area contributed by atoms with Gasteiger partial charge in [0.2, 0.25) is 0 Å². The maximum atomic E-state index is 2.41. The molecule has 0 saturated heterocycles. The topological polar surface area (TPSA) is 6.48 Å². The Bertz CT molecular complexity index is 1860. The van der Waals surface area contributed by atoms with Crippen LogP contribution in [0.4, 0.5) is 34.1 Å². The third kappa shape index (κ3) is 4.52. The molecule has 0 radical (unpaired) electrons. The van der Waals surface area contributed by atoms with Gasteiger partial charge in [-0.2, -0.15) is 0 Å². The van der Waals surface area contributed by atoms with E-state index in [1.54, 1.807) is 0 Å². The highest BCUT2D eigenvalue weighted by Crippen LogP contribution is 2.50. The Kier molecular flexibility index (Phi) is 6.46. The zero-order chi connectivity index (χ0) is 27.6. The van der Waals surface area contributed by atoms with Crippen molar-refractivity contribution in [2.45, 2.75) is 0 Å². The lowest BCUT2D eigenvalue weighted by atomic mass is 9.89. The van der Waals surface area contributed by atoms with Crippen molar-refractivity contribution in [2.75, 3.05) is 9.80 Å². The Morgan fingerprint density at radius 1 is 0.317 bits per heavy atom. The smallest absolute Gasteiger partial charge is 0.139 e. The summed E-state index contributed by atoms with van der Waals surface area (Å²) in [6.07, 6.45) is 0. The van der Waals surface area contributed by atoms with Crippen molar-refractivity contribution in [3.8, 4) is 0 Å². The van der Waals surface area contributed by atoms with Crippen LogP contribution in [0.5, 0.6) is 0 Å². The molecule has 0 N–H and O–H groups in total. The van der Waals surface area contributed by atoms with Crippen LogP contribution in [-0.4, -0.2) is 7.85 Å². The molecule has 3 heteroatoms. The predicted octanol–water partition coefficient (Wildman–Crippen LogP) is 9.19. The Morgan fingerprint density at radius 3 is 1.02 bits per heavy atom. The third-order valence-corrected chi connectivity index (χ3v) is 7.63. The van der Waals surface area contributed by atoms with Crippen LogP contribution in [0, 0.1) is 0 Å². The summed E-state index contributed by atoms with van der Waals surface area (Å²) >= 11 is 0. The molecule has 7 rings (SSSR count). The van der Waals surface area contributed by atoms with Gasteiger partial charge in [-0.15, -0.1) is 0 Å². The first-order chi connectivity index (χ1) is 20.3. The first kappa shape index (κ1) is 24.7. The Hall–Kier alpha value is -5.28. The molecule has 0 amide bonds. The van der Waals surface area contributed by atoms with E-state index in [0.29, 0.717) is 0 Å². The number of hydrogen-bond acceptors (Lipinski definition) is 2. The van der Waals surface area contributed by atoms with Crippen molar-refractivity contribution in [2.24, 2.45) is 0 Å². The summed E-state index contributed by atoms with van der Waals surface area (Å²) in [7, 11) is 2.18. The number of rotatable bonds is 6. The van der Waals surface area contributed by atoms with E-state index in [1.165, 1.54) is 38.4 Å². The molecule has 0 fully saturated rings. The van der Waals surface area contributed by atoms with Gasteiger partial charge in [0.05, 0.1) is 11.4 Å². The third-order valence-electron chi connectivity index (χ3n) is 7.63. The minimum Gasteiger partial charge on any atom is -0.309 e. The molecule has 0 unspecified atom stereocenters. The quantitative estimate of drug-likeness (QED) is 0.122. The summed E-state index contributed by atoms with van der Waals surface area (Å²) in [5.74, 6) is 0. The van der Waals surface area contributed by atoms with Gasteiger partial charge in [-0.1, -0.05) is 121 Å². The van der Waals surface area contributed by atoms with Crippen molar-refractivity contribution < 1.29 is 0 Å². The average Bonchev–Trinajstić information content (AvgIpc) is 3.04. The van der Waals surface area contributed by atoms with Gasteiger partial charge < -0.3 is 9.80 Å². The van der Waals surface area contributed by atoms with Gasteiger partial charge in [0.25, 0.3) is 0 Å². The molecule has 0 heterocycles. The highest BCUT2D eigenvalue weighted by atomic mass is 15.2. The van der Waals surface area contributed by atoms with Crippen LogP contribution in [0.1, 0.15) is 0 Å². The molecule has 2 nitrogen and oxygen atoms in total. The van der Waals surface area contributed by atoms with Crippen molar-refractivity contribution in [3.63, 3.8) is 0 Å². The van der Waals surface area contributed by atoms with Crippen LogP contribution in [0.25, 0.3) is 21.5 Å². The Labute approximate surface area is 242 Å². The summed E-state index contributed by atoms with van der Waals surface area (Å²) in [6.45, 7) is 0. The average molecular weight is 524 g/mol. The van der Waals surface area contributed by atoms with Crippen LogP contribution in [0.2, 0.25) is 0 Å². The lowest BCUT2D eigenvalue weighted by Gasteiger charge is -2.33. The number of para-hydroxylation sites is 4. The molecule has 7 aromatic carbocycles. The van der Waals surface area contributed by atoms with E-state index < -0.39 is 0 Å². The maximum Gasteiger partial charge on any atom is 0.139 e. The van der Waals surface area contributed by atoms with Crippen LogP contribution in [0.15, 0.2) is 164 Å². The minimum atomic E-state index is 1.13.